The summed E-state index contributed by atoms with van der Waals surface area (Å²) in [4.78, 5) is 12.7. The molecule has 2 aliphatic heterocycles. The van der Waals surface area contributed by atoms with E-state index < -0.39 is 53.7 Å². The molecule has 1 amide bonds. The molecule has 0 spiro atoms. The van der Waals surface area contributed by atoms with E-state index in [1.54, 1.807) is 18.2 Å². The number of halogens is 6. The molecule has 35 heavy (non-hydrogen) atoms. The van der Waals surface area contributed by atoms with Gasteiger partial charge >= 0.3 is 12.4 Å². The minimum Gasteiger partial charge on any atom is -0.454 e. The first-order chi connectivity index (χ1) is 16.5. The van der Waals surface area contributed by atoms with Gasteiger partial charge in [-0.05, 0) is 29.8 Å². The predicted molar refractivity (Wildman–Crippen MR) is 110 cm³/mol. The summed E-state index contributed by atoms with van der Waals surface area (Å²) in [5.41, 5.74) is -1.59. The van der Waals surface area contributed by atoms with Crippen molar-refractivity contribution >= 4 is 17.4 Å². The molecule has 0 bridgehead atoms. The Bertz CT molecular complexity index is 1290. The molecule has 1 aromatic heterocycles. The summed E-state index contributed by atoms with van der Waals surface area (Å²) in [6.07, 6.45) is -9.87. The number of fused-ring (bicyclic) bond motifs is 2. The molecular weight excluding hydrogens is 482 g/mol. The van der Waals surface area contributed by atoms with Crippen LogP contribution in [-0.2, 0) is 6.18 Å². The van der Waals surface area contributed by atoms with Crippen LogP contribution >= 0.6 is 0 Å². The zero-order valence-corrected chi connectivity index (χ0v) is 17.6. The molecule has 0 radical (unpaired) electrons. The van der Waals surface area contributed by atoms with Crippen LogP contribution in [-0.4, -0.2) is 28.7 Å². The molecule has 2 aromatic carbocycles. The van der Waals surface area contributed by atoms with Crippen molar-refractivity contribution in [3.05, 3.63) is 65.4 Å². The van der Waals surface area contributed by atoms with Gasteiger partial charge in [-0.25, -0.2) is 4.68 Å². The lowest BCUT2D eigenvalue weighted by Crippen LogP contribution is -2.35. The second kappa shape index (κ2) is 8.10. The van der Waals surface area contributed by atoms with Crippen LogP contribution in [0.25, 0.3) is 0 Å². The molecule has 2 atom stereocenters. The Morgan fingerprint density at radius 3 is 2.51 bits per heavy atom. The number of carbonyl (C=O) groups excluding carboxylic acids is 1. The van der Waals surface area contributed by atoms with Crippen molar-refractivity contribution in [2.45, 2.75) is 30.9 Å². The molecular formula is C22H16F6N4O3. The number of amides is 1. The maximum Gasteiger partial charge on any atom is 0.418 e. The van der Waals surface area contributed by atoms with Crippen molar-refractivity contribution in [2.75, 3.05) is 17.4 Å². The molecule has 184 valence electrons. The first-order valence-electron chi connectivity index (χ1n) is 10.3. The smallest absolute Gasteiger partial charge is 0.418 e. The summed E-state index contributed by atoms with van der Waals surface area (Å²) >= 11 is 0. The molecule has 0 unspecified atom stereocenters. The van der Waals surface area contributed by atoms with Gasteiger partial charge in [-0.1, -0.05) is 18.2 Å². The van der Waals surface area contributed by atoms with E-state index in [9.17, 15) is 31.1 Å². The Labute approximate surface area is 193 Å². The zero-order chi connectivity index (χ0) is 25.0. The fourth-order valence-corrected chi connectivity index (χ4v) is 4.06. The Hall–Kier alpha value is -3.90. The van der Waals surface area contributed by atoms with Gasteiger partial charge in [0.15, 0.2) is 23.2 Å². The number of carbonyl (C=O) groups is 1. The molecule has 0 fully saturated rings. The van der Waals surface area contributed by atoms with Gasteiger partial charge in [-0.15, -0.1) is 0 Å². The van der Waals surface area contributed by atoms with Crippen molar-refractivity contribution in [3.8, 4) is 11.5 Å². The fraction of sp³-hybridized carbons (Fsp3) is 0.273. The molecule has 5 rings (SSSR count). The lowest BCUT2D eigenvalue weighted by atomic mass is 9.96. The highest BCUT2D eigenvalue weighted by Gasteiger charge is 2.47. The van der Waals surface area contributed by atoms with Gasteiger partial charge < -0.3 is 20.1 Å². The van der Waals surface area contributed by atoms with Crippen LogP contribution in [0.2, 0.25) is 0 Å². The Morgan fingerprint density at radius 2 is 1.77 bits per heavy atom. The highest BCUT2D eigenvalue weighted by atomic mass is 19.4. The number of alkyl halides is 6. The number of nitrogens with one attached hydrogen (secondary N) is 2. The molecule has 3 aromatic rings. The maximum absolute atomic E-state index is 13.9. The number of anilines is 2. The molecule has 13 heteroatoms. The van der Waals surface area contributed by atoms with Gasteiger partial charge in [0.2, 0.25) is 6.79 Å². The Balaban J connectivity index is 1.45. The number of ether oxygens (including phenoxy) is 2. The minimum atomic E-state index is -4.74. The standard InChI is InChI=1S/C22H16F6N4O3/c23-21(24,25)12-3-1-2-4-13(12)30-20(33)15-9-19-29-14(8-18(22(26,27)28)32(19)31-15)11-5-6-16-17(7-11)35-10-34-16/h1-7,9,14,18,29H,8,10H2,(H,30,33)/t14-,18-/m0/s1. The van der Waals surface area contributed by atoms with Crippen LogP contribution in [0, 0.1) is 0 Å². The second-order valence-electron chi connectivity index (χ2n) is 7.96. The van der Waals surface area contributed by atoms with Crippen LogP contribution < -0.4 is 20.1 Å². The Morgan fingerprint density at radius 1 is 1.03 bits per heavy atom. The monoisotopic (exact) mass is 498 g/mol. The van der Waals surface area contributed by atoms with Crippen molar-refractivity contribution in [1.29, 1.82) is 0 Å². The van der Waals surface area contributed by atoms with E-state index in [1.165, 1.54) is 6.07 Å². The summed E-state index contributed by atoms with van der Waals surface area (Å²) in [7, 11) is 0. The van der Waals surface area contributed by atoms with Gasteiger partial charge in [0.05, 0.1) is 17.3 Å². The topological polar surface area (TPSA) is 77.4 Å². The first-order valence-corrected chi connectivity index (χ1v) is 10.3. The van der Waals surface area contributed by atoms with E-state index in [0.717, 1.165) is 24.3 Å². The normalized spacial score (nSPS) is 19.1. The lowest BCUT2D eigenvalue weighted by molar-refractivity contribution is -0.173. The summed E-state index contributed by atoms with van der Waals surface area (Å²) < 4.78 is 92.6. The van der Waals surface area contributed by atoms with Gasteiger partial charge in [0, 0.05) is 12.5 Å². The third-order valence-corrected chi connectivity index (χ3v) is 5.70. The predicted octanol–water partition coefficient (Wildman–Crippen LogP) is 5.54. The van der Waals surface area contributed by atoms with Gasteiger partial charge in [-0.2, -0.15) is 31.4 Å². The van der Waals surface area contributed by atoms with Gasteiger partial charge in [0.25, 0.3) is 5.91 Å². The number of para-hydroxylation sites is 1. The van der Waals surface area contributed by atoms with E-state index >= 15 is 0 Å². The Kier molecular flexibility index (Phi) is 5.29. The molecule has 0 saturated carbocycles. The van der Waals surface area contributed by atoms with Crippen LogP contribution in [0.5, 0.6) is 11.5 Å². The molecule has 0 saturated heterocycles. The number of hydrogen-bond acceptors (Lipinski definition) is 5. The second-order valence-corrected chi connectivity index (χ2v) is 7.96. The highest BCUT2D eigenvalue weighted by molar-refractivity contribution is 6.03. The third kappa shape index (κ3) is 4.33. The van der Waals surface area contributed by atoms with Gasteiger partial charge in [0.1, 0.15) is 5.82 Å². The van der Waals surface area contributed by atoms with Crippen molar-refractivity contribution in [2.24, 2.45) is 0 Å². The summed E-state index contributed by atoms with van der Waals surface area (Å²) in [6.45, 7) is 0.00473. The average molecular weight is 498 g/mol. The summed E-state index contributed by atoms with van der Waals surface area (Å²) in [5.74, 6) is -0.308. The lowest BCUT2D eigenvalue weighted by Gasteiger charge is -2.33. The number of nitrogens with zero attached hydrogens (tertiary/aromatic N) is 2. The largest absolute Gasteiger partial charge is 0.454 e. The minimum absolute atomic E-state index is 0.00473. The number of rotatable bonds is 3. The van der Waals surface area contributed by atoms with Crippen molar-refractivity contribution in [1.82, 2.24) is 9.78 Å². The zero-order valence-electron chi connectivity index (χ0n) is 17.6. The quantitative estimate of drug-likeness (QED) is 0.464. The fourth-order valence-electron chi connectivity index (χ4n) is 4.06. The van der Waals surface area contributed by atoms with Crippen LogP contribution in [0.15, 0.2) is 48.5 Å². The average Bonchev–Trinajstić information content (AvgIpc) is 3.43. The van der Waals surface area contributed by atoms with Gasteiger partial charge in [-0.3, -0.25) is 4.79 Å². The van der Waals surface area contributed by atoms with E-state index in [-0.39, 0.29) is 12.6 Å². The third-order valence-electron chi connectivity index (χ3n) is 5.70. The van der Waals surface area contributed by atoms with Crippen molar-refractivity contribution < 1.29 is 40.6 Å². The number of hydrogen-bond donors (Lipinski definition) is 2. The molecule has 0 aliphatic carbocycles. The number of aromatic nitrogens is 2. The van der Waals surface area contributed by atoms with E-state index in [2.05, 4.69) is 15.7 Å². The van der Waals surface area contributed by atoms with E-state index in [4.69, 9.17) is 9.47 Å². The maximum atomic E-state index is 13.9. The van der Waals surface area contributed by atoms with Crippen LogP contribution in [0.1, 0.15) is 40.1 Å². The SMILES string of the molecule is O=C(Nc1ccccc1C(F)(F)F)c1cc2n(n1)[C@H](C(F)(F)F)C[C@@H](c1ccc3c(c1)OCO3)N2. The first kappa shape index (κ1) is 22.9. The van der Waals surface area contributed by atoms with Crippen LogP contribution in [0.4, 0.5) is 37.8 Å². The number of benzene rings is 2. The van der Waals surface area contributed by atoms with Crippen LogP contribution in [0.3, 0.4) is 0 Å². The highest BCUT2D eigenvalue weighted by Crippen LogP contribution is 2.45. The molecule has 2 N–H and O–H groups in total. The summed E-state index contributed by atoms with van der Waals surface area (Å²) in [5, 5.41) is 8.79. The van der Waals surface area contributed by atoms with Crippen molar-refractivity contribution in [3.63, 3.8) is 0 Å². The summed E-state index contributed by atoms with van der Waals surface area (Å²) in [6, 6.07) is 7.23. The van der Waals surface area contributed by atoms with E-state index in [1.807, 2.05) is 0 Å². The molecule has 3 heterocycles. The molecule has 7 nitrogen and oxygen atoms in total. The molecule has 2 aliphatic rings. The van der Waals surface area contributed by atoms with E-state index in [0.29, 0.717) is 21.7 Å².